The normalized spacial score (nSPS) is 16.1. The predicted molar refractivity (Wildman–Crippen MR) is 105 cm³/mol. The van der Waals surface area contributed by atoms with E-state index in [-0.39, 0.29) is 23.3 Å². The molecule has 0 aliphatic carbocycles. The quantitative estimate of drug-likeness (QED) is 0.794. The van der Waals surface area contributed by atoms with Crippen LogP contribution >= 0.6 is 12.4 Å². The smallest absolute Gasteiger partial charge is 0.241 e. The molecule has 1 saturated heterocycles. The van der Waals surface area contributed by atoms with Crippen LogP contribution in [0.3, 0.4) is 0 Å². The molecule has 27 heavy (non-hydrogen) atoms. The zero-order chi connectivity index (χ0) is 18.4. The maximum absolute atomic E-state index is 12.8. The molecule has 6 nitrogen and oxygen atoms in total. The molecule has 144 valence electrons. The lowest BCUT2D eigenvalue weighted by Gasteiger charge is -2.31. The van der Waals surface area contributed by atoms with Gasteiger partial charge in [0.2, 0.25) is 10.0 Å². The Morgan fingerprint density at radius 3 is 2.30 bits per heavy atom. The second kappa shape index (κ2) is 9.83. The number of halogens is 1. The van der Waals surface area contributed by atoms with Gasteiger partial charge in [-0.3, -0.25) is 4.90 Å². The monoisotopic (exact) mass is 407 g/mol. The van der Waals surface area contributed by atoms with Crippen LogP contribution < -0.4 is 4.72 Å². The van der Waals surface area contributed by atoms with Gasteiger partial charge in [-0.2, -0.15) is 5.26 Å². The number of nitriles is 1. The summed E-state index contributed by atoms with van der Waals surface area (Å²) in [4.78, 5) is 2.35. The number of morpholine rings is 1. The fraction of sp³-hybridized carbons (Fsp3) is 0.316. The van der Waals surface area contributed by atoms with Crippen molar-refractivity contribution in [2.24, 2.45) is 0 Å². The first-order valence-corrected chi connectivity index (χ1v) is 9.94. The third-order valence-electron chi connectivity index (χ3n) is 4.34. The van der Waals surface area contributed by atoms with Gasteiger partial charge in [-0.05, 0) is 29.8 Å². The van der Waals surface area contributed by atoms with Gasteiger partial charge in [0.15, 0.2) is 0 Å². The van der Waals surface area contributed by atoms with Crippen molar-refractivity contribution in [3.8, 4) is 6.07 Å². The van der Waals surface area contributed by atoms with Gasteiger partial charge in [-0.15, -0.1) is 12.4 Å². The molecule has 1 N–H and O–H groups in total. The number of hydrogen-bond donors (Lipinski definition) is 1. The van der Waals surface area contributed by atoms with Gasteiger partial charge < -0.3 is 4.74 Å². The second-order valence-electron chi connectivity index (χ2n) is 6.13. The van der Waals surface area contributed by atoms with E-state index in [4.69, 9.17) is 10.00 Å². The Morgan fingerprint density at radius 2 is 1.70 bits per heavy atom. The van der Waals surface area contributed by atoms with Gasteiger partial charge >= 0.3 is 0 Å². The molecule has 0 saturated carbocycles. The van der Waals surface area contributed by atoms with Crippen LogP contribution in [-0.2, 0) is 14.8 Å². The van der Waals surface area contributed by atoms with Crippen molar-refractivity contribution >= 4 is 22.4 Å². The number of rotatable bonds is 6. The SMILES string of the molecule is Cl.N#Cc1ccc(S(=O)(=O)NC(CN2CCOCC2)c2ccccc2)cc1. The lowest BCUT2D eigenvalue weighted by molar-refractivity contribution is 0.0345. The summed E-state index contributed by atoms with van der Waals surface area (Å²) in [6.45, 7) is 3.44. The highest BCUT2D eigenvalue weighted by atomic mass is 35.5. The van der Waals surface area contributed by atoms with E-state index < -0.39 is 10.0 Å². The minimum atomic E-state index is -3.70. The zero-order valence-electron chi connectivity index (χ0n) is 14.7. The van der Waals surface area contributed by atoms with Crippen LogP contribution in [0.5, 0.6) is 0 Å². The van der Waals surface area contributed by atoms with Gasteiger partial charge in [0.1, 0.15) is 0 Å². The molecule has 1 fully saturated rings. The highest BCUT2D eigenvalue weighted by Gasteiger charge is 2.24. The summed E-state index contributed by atoms with van der Waals surface area (Å²) in [7, 11) is -3.70. The lowest BCUT2D eigenvalue weighted by Crippen LogP contribution is -2.43. The standard InChI is InChI=1S/C19H21N3O3S.ClH/c20-14-16-6-8-18(9-7-16)26(23,24)21-19(17-4-2-1-3-5-17)15-22-10-12-25-13-11-22;/h1-9,19,21H,10-13,15H2;1H. The number of ether oxygens (including phenoxy) is 1. The van der Waals surface area contributed by atoms with Crippen molar-refractivity contribution < 1.29 is 13.2 Å². The first-order chi connectivity index (χ1) is 12.6. The largest absolute Gasteiger partial charge is 0.379 e. The molecular weight excluding hydrogens is 386 g/mol. The van der Waals surface area contributed by atoms with Crippen molar-refractivity contribution in [1.29, 1.82) is 5.26 Å². The number of nitrogens with one attached hydrogen (secondary N) is 1. The van der Waals surface area contributed by atoms with Crippen LogP contribution in [0.4, 0.5) is 0 Å². The zero-order valence-corrected chi connectivity index (χ0v) is 16.4. The minimum Gasteiger partial charge on any atom is -0.379 e. The molecule has 0 radical (unpaired) electrons. The Labute approximate surface area is 166 Å². The summed E-state index contributed by atoms with van der Waals surface area (Å²) >= 11 is 0. The lowest BCUT2D eigenvalue weighted by atomic mass is 10.1. The predicted octanol–water partition coefficient (Wildman–Crippen LogP) is 2.33. The van der Waals surface area contributed by atoms with Crippen LogP contribution in [-0.4, -0.2) is 46.2 Å². The molecular formula is C19H22ClN3O3S. The highest BCUT2D eigenvalue weighted by Crippen LogP contribution is 2.19. The third-order valence-corrected chi connectivity index (χ3v) is 5.83. The van der Waals surface area contributed by atoms with Gasteiger partial charge in [-0.25, -0.2) is 13.1 Å². The molecule has 8 heteroatoms. The van der Waals surface area contributed by atoms with E-state index in [0.717, 1.165) is 18.7 Å². The van der Waals surface area contributed by atoms with Gasteiger partial charge in [0.25, 0.3) is 0 Å². The van der Waals surface area contributed by atoms with Gasteiger partial charge in [0.05, 0.1) is 35.8 Å². The molecule has 1 heterocycles. The average Bonchev–Trinajstić information content (AvgIpc) is 2.69. The van der Waals surface area contributed by atoms with Crippen molar-refractivity contribution in [1.82, 2.24) is 9.62 Å². The van der Waals surface area contributed by atoms with E-state index in [1.54, 1.807) is 0 Å². The highest BCUT2D eigenvalue weighted by molar-refractivity contribution is 7.89. The number of benzene rings is 2. The van der Waals surface area contributed by atoms with Crippen LogP contribution in [0, 0.1) is 11.3 Å². The molecule has 2 aromatic rings. The van der Waals surface area contributed by atoms with E-state index in [1.165, 1.54) is 24.3 Å². The van der Waals surface area contributed by atoms with Crippen LogP contribution in [0.2, 0.25) is 0 Å². The van der Waals surface area contributed by atoms with E-state index in [1.807, 2.05) is 36.4 Å². The molecule has 1 unspecified atom stereocenters. The van der Waals surface area contributed by atoms with Crippen LogP contribution in [0.15, 0.2) is 59.5 Å². The molecule has 1 atom stereocenters. The Kier molecular flexibility index (Phi) is 7.78. The Hall–Kier alpha value is -1.95. The molecule has 0 amide bonds. The molecule has 0 aromatic heterocycles. The van der Waals surface area contributed by atoms with E-state index in [9.17, 15) is 8.42 Å². The number of sulfonamides is 1. The van der Waals surface area contributed by atoms with E-state index in [0.29, 0.717) is 25.3 Å². The van der Waals surface area contributed by atoms with Gasteiger partial charge in [-0.1, -0.05) is 30.3 Å². The molecule has 0 spiro atoms. The Bertz CT molecular complexity index is 861. The third kappa shape index (κ3) is 5.76. The van der Waals surface area contributed by atoms with Crippen molar-refractivity contribution in [3.05, 3.63) is 65.7 Å². The summed E-state index contributed by atoms with van der Waals surface area (Å²) < 4.78 is 33.8. The second-order valence-corrected chi connectivity index (χ2v) is 7.85. The maximum Gasteiger partial charge on any atom is 0.241 e. The van der Waals surface area contributed by atoms with Crippen LogP contribution in [0.1, 0.15) is 17.2 Å². The first kappa shape index (κ1) is 21.4. The first-order valence-electron chi connectivity index (χ1n) is 8.46. The van der Waals surface area contributed by atoms with Gasteiger partial charge in [0, 0.05) is 19.6 Å². The summed E-state index contributed by atoms with van der Waals surface area (Å²) in [5.41, 5.74) is 1.34. The van der Waals surface area contributed by atoms with E-state index >= 15 is 0 Å². The summed E-state index contributed by atoms with van der Waals surface area (Å²) in [5.74, 6) is 0. The Balaban J connectivity index is 0.00000261. The summed E-state index contributed by atoms with van der Waals surface area (Å²) in [6.07, 6.45) is 0. The number of nitrogens with zero attached hydrogens (tertiary/aromatic N) is 2. The molecule has 0 bridgehead atoms. The van der Waals surface area contributed by atoms with Crippen molar-refractivity contribution in [3.63, 3.8) is 0 Å². The molecule has 1 aliphatic rings. The van der Waals surface area contributed by atoms with Crippen molar-refractivity contribution in [2.45, 2.75) is 10.9 Å². The average molecular weight is 408 g/mol. The molecule has 3 rings (SSSR count). The van der Waals surface area contributed by atoms with Crippen LogP contribution in [0.25, 0.3) is 0 Å². The molecule has 2 aromatic carbocycles. The molecule has 1 aliphatic heterocycles. The topological polar surface area (TPSA) is 82.4 Å². The fourth-order valence-electron chi connectivity index (χ4n) is 2.90. The maximum atomic E-state index is 12.8. The summed E-state index contributed by atoms with van der Waals surface area (Å²) in [6, 6.07) is 17.1. The van der Waals surface area contributed by atoms with E-state index in [2.05, 4.69) is 9.62 Å². The minimum absolute atomic E-state index is 0. The Morgan fingerprint density at radius 1 is 1.07 bits per heavy atom. The number of hydrogen-bond acceptors (Lipinski definition) is 5. The van der Waals surface area contributed by atoms with Crippen molar-refractivity contribution in [2.75, 3.05) is 32.8 Å². The summed E-state index contributed by atoms with van der Waals surface area (Å²) in [5, 5.41) is 8.88. The fourth-order valence-corrected chi connectivity index (χ4v) is 4.12.